The average molecular weight is 483 g/mol. The monoisotopic (exact) mass is 482 g/mol. The summed E-state index contributed by atoms with van der Waals surface area (Å²) in [4.78, 5) is 25.7. The van der Waals surface area contributed by atoms with Crippen molar-refractivity contribution in [3.8, 4) is 5.75 Å². The summed E-state index contributed by atoms with van der Waals surface area (Å²) in [7, 11) is 5.21. The van der Waals surface area contributed by atoms with Crippen LogP contribution < -0.4 is 9.64 Å². The number of aromatic nitrogens is 2. The second kappa shape index (κ2) is 8.39. The summed E-state index contributed by atoms with van der Waals surface area (Å²) in [6.07, 6.45) is 0.859. The Morgan fingerprint density at radius 1 is 1.27 bits per heavy atom. The molecule has 172 valence electrons. The summed E-state index contributed by atoms with van der Waals surface area (Å²) in [5, 5.41) is 2.74. The SMILES string of the molecule is COc1ccc(C2c3[nH]c4ccc(Cl)cc4c3CCN2c2nc(C)c(C(=O)N(C)C)s2)cc1.[HH]. The standard InChI is InChI=1S/C25H25ClN4O2S.H2/c1-14-23(24(31)29(2)3)33-25(27-14)30-12-11-18-19-13-16(26)7-10-20(19)28-21(18)22(30)15-5-8-17(32-4)9-6-15;/h5-10,13,22,28H,11-12H2,1-4H3;1H. The number of ether oxygens (including phenoxy) is 1. The molecule has 33 heavy (non-hydrogen) atoms. The van der Waals surface area contributed by atoms with Crippen molar-refractivity contribution >= 4 is 44.9 Å². The first-order valence-corrected chi connectivity index (χ1v) is 12.0. The average Bonchev–Trinajstić information content (AvgIpc) is 3.38. The zero-order chi connectivity index (χ0) is 23.3. The highest BCUT2D eigenvalue weighted by Gasteiger charge is 2.34. The van der Waals surface area contributed by atoms with Gasteiger partial charge in [0.25, 0.3) is 5.91 Å². The van der Waals surface area contributed by atoms with Crippen LogP contribution in [0.3, 0.4) is 0 Å². The lowest BCUT2D eigenvalue weighted by molar-refractivity contribution is 0.0831. The van der Waals surface area contributed by atoms with Gasteiger partial charge in [0, 0.05) is 43.7 Å². The van der Waals surface area contributed by atoms with Gasteiger partial charge in [0.15, 0.2) is 5.13 Å². The molecule has 0 aliphatic carbocycles. The van der Waals surface area contributed by atoms with Crippen LogP contribution in [0.2, 0.25) is 5.02 Å². The maximum Gasteiger partial charge on any atom is 0.265 e. The molecule has 1 amide bonds. The van der Waals surface area contributed by atoms with Crippen LogP contribution >= 0.6 is 22.9 Å². The van der Waals surface area contributed by atoms with Gasteiger partial charge in [-0.3, -0.25) is 4.79 Å². The van der Waals surface area contributed by atoms with Crippen LogP contribution in [0.1, 0.15) is 39.7 Å². The zero-order valence-electron chi connectivity index (χ0n) is 19.0. The molecule has 1 aliphatic heterocycles. The number of rotatable bonds is 4. The summed E-state index contributed by atoms with van der Waals surface area (Å²) >= 11 is 7.78. The number of anilines is 1. The number of hydrogen-bond donors (Lipinski definition) is 1. The fourth-order valence-corrected chi connectivity index (χ4v) is 5.82. The summed E-state index contributed by atoms with van der Waals surface area (Å²) < 4.78 is 5.38. The molecule has 3 heterocycles. The summed E-state index contributed by atoms with van der Waals surface area (Å²) in [6, 6.07) is 14.1. The first kappa shape index (κ1) is 21.8. The van der Waals surface area contributed by atoms with Gasteiger partial charge in [-0.05, 0) is 54.8 Å². The lowest BCUT2D eigenvalue weighted by Gasteiger charge is -2.36. The van der Waals surface area contributed by atoms with Crippen LogP contribution in [-0.4, -0.2) is 48.5 Å². The van der Waals surface area contributed by atoms with Gasteiger partial charge in [-0.2, -0.15) is 0 Å². The van der Waals surface area contributed by atoms with Gasteiger partial charge in [-0.25, -0.2) is 4.98 Å². The molecule has 0 radical (unpaired) electrons. The minimum atomic E-state index is -0.0707. The minimum Gasteiger partial charge on any atom is -0.497 e. The Morgan fingerprint density at radius 2 is 2.03 bits per heavy atom. The Balaban J connectivity index is 0.00000274. The number of fused-ring (bicyclic) bond motifs is 3. The molecule has 0 saturated carbocycles. The van der Waals surface area contributed by atoms with E-state index in [2.05, 4.69) is 22.0 Å². The molecular weight excluding hydrogens is 456 g/mol. The molecule has 4 aromatic rings. The van der Waals surface area contributed by atoms with Gasteiger partial charge in [-0.1, -0.05) is 35.1 Å². The summed E-state index contributed by atoms with van der Waals surface area (Å²) in [5.41, 5.74) is 5.38. The van der Waals surface area contributed by atoms with E-state index in [1.165, 1.54) is 16.9 Å². The predicted octanol–water partition coefficient (Wildman–Crippen LogP) is 5.69. The van der Waals surface area contributed by atoms with Crippen LogP contribution in [0.15, 0.2) is 42.5 Å². The van der Waals surface area contributed by atoms with Gasteiger partial charge in [0.05, 0.1) is 18.8 Å². The molecule has 5 rings (SSSR count). The molecule has 1 N–H and O–H groups in total. The lowest BCUT2D eigenvalue weighted by atomic mass is 9.92. The number of nitrogens with zero attached hydrogens (tertiary/aromatic N) is 3. The number of H-pyrrole nitrogens is 1. The Morgan fingerprint density at radius 3 is 2.73 bits per heavy atom. The van der Waals surface area contributed by atoms with Gasteiger partial charge in [0.2, 0.25) is 0 Å². The van der Waals surface area contributed by atoms with Crippen LogP contribution in [-0.2, 0) is 6.42 Å². The summed E-state index contributed by atoms with van der Waals surface area (Å²) in [5.74, 6) is 0.795. The van der Waals surface area contributed by atoms with Crippen molar-refractivity contribution in [2.45, 2.75) is 19.4 Å². The highest BCUT2D eigenvalue weighted by molar-refractivity contribution is 7.17. The first-order valence-electron chi connectivity index (χ1n) is 10.8. The van der Waals surface area contributed by atoms with E-state index in [1.54, 1.807) is 26.1 Å². The number of amides is 1. The molecule has 1 aliphatic rings. The largest absolute Gasteiger partial charge is 0.497 e. The first-order chi connectivity index (χ1) is 15.9. The van der Waals surface area contributed by atoms with Crippen molar-refractivity contribution in [2.75, 3.05) is 32.6 Å². The molecule has 0 saturated heterocycles. The fraction of sp³-hybridized carbons (Fsp3) is 0.280. The lowest BCUT2D eigenvalue weighted by Crippen LogP contribution is -2.36. The maximum atomic E-state index is 12.7. The number of carbonyl (C=O) groups is 1. The highest BCUT2D eigenvalue weighted by atomic mass is 35.5. The second-order valence-electron chi connectivity index (χ2n) is 8.44. The zero-order valence-corrected chi connectivity index (χ0v) is 20.5. The van der Waals surface area contributed by atoms with Crippen LogP contribution in [0.5, 0.6) is 5.75 Å². The normalized spacial score (nSPS) is 15.5. The van der Waals surface area contributed by atoms with E-state index in [0.717, 1.165) is 56.7 Å². The van der Waals surface area contributed by atoms with Gasteiger partial charge < -0.3 is 19.5 Å². The van der Waals surface area contributed by atoms with Crippen LogP contribution in [0.4, 0.5) is 5.13 Å². The van der Waals surface area contributed by atoms with Crippen molar-refractivity contribution in [1.82, 2.24) is 14.9 Å². The molecule has 6 nitrogen and oxygen atoms in total. The fourth-order valence-electron chi connectivity index (χ4n) is 4.51. The molecule has 8 heteroatoms. The maximum absolute atomic E-state index is 12.7. The molecule has 0 fully saturated rings. The molecular formula is C25H27ClN4O2S. The highest BCUT2D eigenvalue weighted by Crippen LogP contribution is 2.43. The topological polar surface area (TPSA) is 61.5 Å². The predicted molar refractivity (Wildman–Crippen MR) is 136 cm³/mol. The number of aryl methyl sites for hydroxylation is 1. The van der Waals surface area contributed by atoms with Crippen molar-refractivity contribution in [2.24, 2.45) is 0 Å². The molecule has 2 aromatic carbocycles. The Labute approximate surface area is 203 Å². The van der Waals surface area contributed by atoms with E-state index in [-0.39, 0.29) is 13.4 Å². The molecule has 2 aromatic heterocycles. The Bertz CT molecular complexity index is 1350. The van der Waals surface area contributed by atoms with Crippen molar-refractivity contribution < 1.29 is 11.0 Å². The number of thiazole rings is 1. The van der Waals surface area contributed by atoms with E-state index >= 15 is 0 Å². The van der Waals surface area contributed by atoms with E-state index in [0.29, 0.717) is 4.88 Å². The van der Waals surface area contributed by atoms with E-state index < -0.39 is 0 Å². The smallest absolute Gasteiger partial charge is 0.265 e. The second-order valence-corrected chi connectivity index (χ2v) is 9.85. The number of nitrogens with one attached hydrogen (secondary N) is 1. The number of benzene rings is 2. The third kappa shape index (κ3) is 3.75. The van der Waals surface area contributed by atoms with Crippen LogP contribution in [0.25, 0.3) is 10.9 Å². The quantitative estimate of drug-likeness (QED) is 0.405. The number of hydrogen-bond acceptors (Lipinski definition) is 5. The summed E-state index contributed by atoms with van der Waals surface area (Å²) in [6.45, 7) is 2.69. The Hall–Kier alpha value is -3.03. The Kier molecular flexibility index (Phi) is 5.54. The van der Waals surface area contributed by atoms with Gasteiger partial charge in [0.1, 0.15) is 10.6 Å². The van der Waals surface area contributed by atoms with Crippen molar-refractivity contribution in [3.05, 3.63) is 74.9 Å². The third-order valence-electron chi connectivity index (χ3n) is 6.15. The van der Waals surface area contributed by atoms with Gasteiger partial charge >= 0.3 is 0 Å². The van der Waals surface area contributed by atoms with E-state index in [1.807, 2.05) is 37.3 Å². The molecule has 0 spiro atoms. The molecule has 1 atom stereocenters. The molecule has 0 bridgehead atoms. The van der Waals surface area contributed by atoms with Gasteiger partial charge in [-0.15, -0.1) is 0 Å². The number of halogens is 1. The third-order valence-corrected chi connectivity index (χ3v) is 7.57. The van der Waals surface area contributed by atoms with E-state index in [4.69, 9.17) is 21.3 Å². The minimum absolute atomic E-state index is 0. The number of aromatic amines is 1. The number of methoxy groups -OCH3 is 1. The van der Waals surface area contributed by atoms with Crippen molar-refractivity contribution in [1.29, 1.82) is 0 Å². The molecule has 1 unspecified atom stereocenters. The van der Waals surface area contributed by atoms with Crippen LogP contribution in [0, 0.1) is 6.92 Å². The number of carbonyl (C=O) groups excluding carboxylic acids is 1. The van der Waals surface area contributed by atoms with Crippen molar-refractivity contribution in [3.63, 3.8) is 0 Å². The van der Waals surface area contributed by atoms with E-state index in [9.17, 15) is 4.79 Å².